The van der Waals surface area contributed by atoms with Gasteiger partial charge in [-0.15, -0.1) is 0 Å². The lowest BCUT2D eigenvalue weighted by Gasteiger charge is -2.19. The van der Waals surface area contributed by atoms with Crippen LogP contribution in [0.2, 0.25) is 10.0 Å². The second-order valence-electron chi connectivity index (χ2n) is 7.53. The molecule has 1 atom stereocenters. The van der Waals surface area contributed by atoms with Crippen LogP contribution in [0.4, 0.5) is 5.95 Å². The van der Waals surface area contributed by atoms with E-state index in [4.69, 9.17) is 27.9 Å². The first kappa shape index (κ1) is 25.1. The summed E-state index contributed by atoms with van der Waals surface area (Å²) in [6.45, 7) is 7.25. The number of nitrogens with zero attached hydrogens (tertiary/aromatic N) is 4. The Kier molecular flexibility index (Phi) is 8.41. The highest BCUT2D eigenvalue weighted by Crippen LogP contribution is 2.27. The van der Waals surface area contributed by atoms with E-state index in [1.165, 1.54) is 11.6 Å². The van der Waals surface area contributed by atoms with E-state index in [9.17, 15) is 14.7 Å². The summed E-state index contributed by atoms with van der Waals surface area (Å²) in [6, 6.07) is 4.80. The molecule has 0 bridgehead atoms. The predicted molar refractivity (Wildman–Crippen MR) is 130 cm³/mol. The van der Waals surface area contributed by atoms with E-state index in [-0.39, 0.29) is 24.3 Å². The molecule has 1 aromatic carbocycles. The SMILES string of the molecule is CCN(CC)CCNc1nc2c(c(=O)[nH]c(=O)n2C)n1C[C@H](O)COc1ccc(Cl)cc1Cl. The number of fused-ring (bicyclic) bond motifs is 1. The van der Waals surface area contributed by atoms with Crippen molar-refractivity contribution in [2.45, 2.75) is 26.5 Å². The van der Waals surface area contributed by atoms with Gasteiger partial charge in [0.2, 0.25) is 5.95 Å². The van der Waals surface area contributed by atoms with Gasteiger partial charge < -0.3 is 24.6 Å². The second kappa shape index (κ2) is 11.1. The van der Waals surface area contributed by atoms with E-state index >= 15 is 0 Å². The number of aromatic amines is 1. The molecular formula is C21H28Cl2N6O4. The fourth-order valence-electron chi connectivity index (χ4n) is 3.45. The molecule has 3 rings (SSSR count). The van der Waals surface area contributed by atoms with Gasteiger partial charge in [0.05, 0.1) is 11.6 Å². The molecule has 10 nitrogen and oxygen atoms in total. The Morgan fingerprint density at radius 2 is 2.00 bits per heavy atom. The Bertz CT molecular complexity index is 1220. The third-order valence-corrected chi connectivity index (χ3v) is 5.86. The molecule has 0 radical (unpaired) electrons. The fourth-order valence-corrected chi connectivity index (χ4v) is 3.92. The lowest BCUT2D eigenvalue weighted by atomic mass is 10.3. The van der Waals surface area contributed by atoms with Gasteiger partial charge in [0, 0.05) is 25.2 Å². The van der Waals surface area contributed by atoms with Gasteiger partial charge in [-0.3, -0.25) is 14.3 Å². The molecule has 0 aliphatic rings. The van der Waals surface area contributed by atoms with Crippen LogP contribution >= 0.6 is 23.2 Å². The number of H-pyrrole nitrogens is 1. The van der Waals surface area contributed by atoms with Crippen molar-refractivity contribution >= 4 is 40.3 Å². The fraction of sp³-hybridized carbons (Fsp3) is 0.476. The Morgan fingerprint density at radius 1 is 1.27 bits per heavy atom. The summed E-state index contributed by atoms with van der Waals surface area (Å²) >= 11 is 12.0. The van der Waals surface area contributed by atoms with Gasteiger partial charge in [0.15, 0.2) is 11.2 Å². The zero-order valence-corrected chi connectivity index (χ0v) is 20.3. The Balaban J connectivity index is 1.84. The molecule has 3 N–H and O–H groups in total. The molecule has 33 heavy (non-hydrogen) atoms. The third-order valence-electron chi connectivity index (χ3n) is 5.33. The maximum atomic E-state index is 12.6. The number of aliphatic hydroxyl groups excluding tert-OH is 1. The smallest absolute Gasteiger partial charge is 0.329 e. The maximum Gasteiger partial charge on any atom is 0.329 e. The molecular weight excluding hydrogens is 471 g/mol. The van der Waals surface area contributed by atoms with Gasteiger partial charge in [0.1, 0.15) is 18.5 Å². The number of aromatic nitrogens is 4. The summed E-state index contributed by atoms with van der Waals surface area (Å²) in [4.78, 5) is 33.6. The summed E-state index contributed by atoms with van der Waals surface area (Å²) in [6.07, 6.45) is -0.992. The van der Waals surface area contributed by atoms with Gasteiger partial charge in [-0.25, -0.2) is 4.79 Å². The largest absolute Gasteiger partial charge is 0.489 e. The van der Waals surface area contributed by atoms with Crippen molar-refractivity contribution in [3.63, 3.8) is 0 Å². The minimum Gasteiger partial charge on any atom is -0.489 e. The molecule has 0 spiro atoms. The number of ether oxygens (including phenoxy) is 1. The van der Waals surface area contributed by atoms with Crippen molar-refractivity contribution < 1.29 is 9.84 Å². The van der Waals surface area contributed by atoms with Gasteiger partial charge in [-0.05, 0) is 31.3 Å². The number of benzene rings is 1. The van der Waals surface area contributed by atoms with Crippen LogP contribution in [-0.2, 0) is 13.6 Å². The standard InChI is InChI=1S/C21H28Cl2N6O4/c1-4-28(5-2)9-8-24-20-25-18-17(19(31)26-21(32)27(18)3)29(20)11-14(30)12-33-16-7-6-13(22)10-15(16)23/h6-7,10,14,30H,4-5,8-9,11-12H2,1-3H3,(H,24,25)(H,26,31,32)/t14-/m0/s1. The quantitative estimate of drug-likeness (QED) is 0.369. The van der Waals surface area contributed by atoms with E-state index in [0.717, 1.165) is 19.6 Å². The molecule has 0 unspecified atom stereocenters. The summed E-state index contributed by atoms with van der Waals surface area (Å²) in [5.74, 6) is 0.765. The van der Waals surface area contributed by atoms with E-state index in [1.807, 2.05) is 0 Å². The van der Waals surface area contributed by atoms with Crippen molar-refractivity contribution in [1.82, 2.24) is 24.0 Å². The highest BCUT2D eigenvalue weighted by atomic mass is 35.5. The molecule has 2 aromatic heterocycles. The van der Waals surface area contributed by atoms with Gasteiger partial charge >= 0.3 is 5.69 Å². The monoisotopic (exact) mass is 498 g/mol. The van der Waals surface area contributed by atoms with Crippen LogP contribution < -0.4 is 21.3 Å². The number of halogens is 2. The molecule has 0 amide bonds. The number of hydrogen-bond acceptors (Lipinski definition) is 7. The average molecular weight is 499 g/mol. The van der Waals surface area contributed by atoms with Crippen LogP contribution in [-0.4, -0.2) is 68.0 Å². The molecule has 2 heterocycles. The van der Waals surface area contributed by atoms with Crippen molar-refractivity contribution in [1.29, 1.82) is 0 Å². The number of likely N-dealkylation sites (N-methyl/N-ethyl adjacent to an activating group) is 1. The molecule has 0 saturated heterocycles. The molecule has 3 aromatic rings. The number of nitrogens with one attached hydrogen (secondary N) is 2. The Hall–Kier alpha value is -2.53. The average Bonchev–Trinajstić information content (AvgIpc) is 3.13. The van der Waals surface area contributed by atoms with Crippen LogP contribution in [0, 0.1) is 0 Å². The predicted octanol–water partition coefficient (Wildman–Crippen LogP) is 1.92. The van der Waals surface area contributed by atoms with Crippen molar-refractivity contribution in [2.24, 2.45) is 7.05 Å². The summed E-state index contributed by atoms with van der Waals surface area (Å²) < 4.78 is 8.45. The Labute approximate surface area is 200 Å². The first-order valence-electron chi connectivity index (χ1n) is 10.7. The zero-order valence-electron chi connectivity index (χ0n) is 18.8. The summed E-state index contributed by atoms with van der Waals surface area (Å²) in [5.41, 5.74) is -0.728. The van der Waals surface area contributed by atoms with Crippen LogP contribution in [0.25, 0.3) is 11.2 Å². The minimum atomic E-state index is -0.992. The number of imidazole rings is 1. The van der Waals surface area contributed by atoms with Crippen molar-refractivity contribution in [2.75, 3.05) is 38.1 Å². The van der Waals surface area contributed by atoms with E-state index in [1.54, 1.807) is 22.8 Å². The summed E-state index contributed by atoms with van der Waals surface area (Å²) in [7, 11) is 1.53. The van der Waals surface area contributed by atoms with Crippen LogP contribution in [0.3, 0.4) is 0 Å². The highest BCUT2D eigenvalue weighted by molar-refractivity contribution is 6.35. The maximum absolute atomic E-state index is 12.6. The number of hydrogen-bond donors (Lipinski definition) is 3. The number of anilines is 1. The second-order valence-corrected chi connectivity index (χ2v) is 8.37. The molecule has 180 valence electrons. The van der Waals surface area contributed by atoms with E-state index in [2.05, 4.69) is 34.0 Å². The lowest BCUT2D eigenvalue weighted by Crippen LogP contribution is -2.31. The summed E-state index contributed by atoms with van der Waals surface area (Å²) in [5, 5.41) is 14.7. The van der Waals surface area contributed by atoms with E-state index in [0.29, 0.717) is 28.3 Å². The van der Waals surface area contributed by atoms with Gasteiger partial charge in [0.25, 0.3) is 5.56 Å². The zero-order chi connectivity index (χ0) is 24.1. The molecule has 12 heteroatoms. The van der Waals surface area contributed by atoms with Crippen LogP contribution in [0.15, 0.2) is 27.8 Å². The molecule has 0 aliphatic carbocycles. The van der Waals surface area contributed by atoms with Crippen molar-refractivity contribution in [3.8, 4) is 5.75 Å². The van der Waals surface area contributed by atoms with Crippen molar-refractivity contribution in [3.05, 3.63) is 49.1 Å². The molecule has 0 fully saturated rings. The number of aliphatic hydroxyl groups is 1. The normalized spacial score (nSPS) is 12.5. The number of rotatable bonds is 11. The van der Waals surface area contributed by atoms with E-state index < -0.39 is 17.4 Å². The third kappa shape index (κ3) is 5.89. The highest BCUT2D eigenvalue weighted by Gasteiger charge is 2.20. The lowest BCUT2D eigenvalue weighted by molar-refractivity contribution is 0.0939. The Morgan fingerprint density at radius 3 is 2.67 bits per heavy atom. The first-order chi connectivity index (χ1) is 15.7. The van der Waals surface area contributed by atoms with Crippen LogP contribution in [0.1, 0.15) is 13.8 Å². The number of aryl methyl sites for hydroxylation is 1. The topological polar surface area (TPSA) is 117 Å². The van der Waals surface area contributed by atoms with Crippen LogP contribution in [0.5, 0.6) is 5.75 Å². The molecule has 0 saturated carbocycles. The van der Waals surface area contributed by atoms with Gasteiger partial charge in [-0.1, -0.05) is 37.0 Å². The first-order valence-corrected chi connectivity index (χ1v) is 11.4. The minimum absolute atomic E-state index is 0.0105. The van der Waals surface area contributed by atoms with Gasteiger partial charge in [-0.2, -0.15) is 4.98 Å². The molecule has 0 aliphatic heterocycles.